The molecule has 0 radical (unpaired) electrons. The van der Waals surface area contributed by atoms with Gasteiger partial charge in [-0.2, -0.15) is 0 Å². The lowest BCUT2D eigenvalue weighted by Crippen LogP contribution is -2.47. The van der Waals surface area contributed by atoms with Crippen LogP contribution in [0.15, 0.2) is 83.8 Å². The summed E-state index contributed by atoms with van der Waals surface area (Å²) in [5.74, 6) is -3.87. The van der Waals surface area contributed by atoms with Crippen LogP contribution in [0.25, 0.3) is 0 Å². The van der Waals surface area contributed by atoms with E-state index in [1.165, 1.54) is 18.3 Å². The number of ketones is 1. The lowest BCUT2D eigenvalue weighted by atomic mass is 10.0. The van der Waals surface area contributed by atoms with Crippen molar-refractivity contribution in [2.75, 3.05) is 12.0 Å². The van der Waals surface area contributed by atoms with Gasteiger partial charge in [0, 0.05) is 18.2 Å². The molecule has 0 saturated carbocycles. The van der Waals surface area contributed by atoms with Crippen molar-refractivity contribution in [3.05, 3.63) is 100 Å². The molecule has 10 heteroatoms. The van der Waals surface area contributed by atoms with E-state index in [1.54, 1.807) is 60.7 Å². The number of carbonyl (C=O) groups is 4. The smallest absolute Gasteiger partial charge is 0.305 e. The Morgan fingerprint density at radius 1 is 0.917 bits per heavy atom. The van der Waals surface area contributed by atoms with E-state index in [0.717, 1.165) is 4.57 Å². The first kappa shape index (κ1) is 26.0. The van der Waals surface area contributed by atoms with Crippen molar-refractivity contribution in [1.82, 2.24) is 9.88 Å². The molecule has 0 spiro atoms. The van der Waals surface area contributed by atoms with Crippen LogP contribution in [-0.2, 0) is 20.8 Å². The molecular weight excluding hydrogens is 469 g/mol. The average molecular weight is 493 g/mol. The van der Waals surface area contributed by atoms with Gasteiger partial charge in [0.1, 0.15) is 24.4 Å². The van der Waals surface area contributed by atoms with E-state index < -0.39 is 54.3 Å². The molecule has 3 rings (SSSR count). The van der Waals surface area contributed by atoms with Gasteiger partial charge in [0.05, 0.1) is 6.42 Å². The van der Waals surface area contributed by atoms with Crippen LogP contribution in [0.1, 0.15) is 28.4 Å². The highest BCUT2D eigenvalue weighted by atomic mass is 19.1. The number of aromatic nitrogens is 1. The van der Waals surface area contributed by atoms with Gasteiger partial charge in [0.15, 0.2) is 5.78 Å². The van der Waals surface area contributed by atoms with Gasteiger partial charge < -0.3 is 20.3 Å². The highest BCUT2D eigenvalue weighted by molar-refractivity contribution is 6.04. The number of rotatable bonds is 11. The topological polar surface area (TPSA) is 135 Å². The van der Waals surface area contributed by atoms with Gasteiger partial charge in [-0.05, 0) is 29.8 Å². The van der Waals surface area contributed by atoms with Crippen LogP contribution in [0.3, 0.4) is 0 Å². The second-order valence-electron chi connectivity index (χ2n) is 7.92. The van der Waals surface area contributed by atoms with Crippen molar-refractivity contribution in [3.63, 3.8) is 0 Å². The number of nitrogens with one attached hydrogen (secondary N) is 2. The van der Waals surface area contributed by atoms with Gasteiger partial charge in [-0.15, -0.1) is 0 Å². The van der Waals surface area contributed by atoms with Crippen molar-refractivity contribution in [2.45, 2.75) is 24.9 Å². The molecule has 1 aromatic heterocycles. The maximum Gasteiger partial charge on any atom is 0.305 e. The first-order valence-electron chi connectivity index (χ1n) is 11.0. The normalized spacial score (nSPS) is 12.2. The van der Waals surface area contributed by atoms with Gasteiger partial charge in [-0.1, -0.05) is 48.5 Å². The minimum Gasteiger partial charge on any atom is -0.481 e. The molecule has 3 aromatic rings. The Balaban J connectivity index is 1.95. The number of alkyl halides is 1. The third-order valence-corrected chi connectivity index (χ3v) is 5.38. The SMILES string of the molecule is O=C(O)C[C@H](NC(=O)[C@H](Cc1ccccc1)n1cccc(NC(=O)c2ccccc2)c1=O)C(=O)CF. The summed E-state index contributed by atoms with van der Waals surface area (Å²) < 4.78 is 14.1. The van der Waals surface area contributed by atoms with Crippen molar-refractivity contribution in [1.29, 1.82) is 0 Å². The fraction of sp³-hybridized carbons (Fsp3) is 0.192. The fourth-order valence-electron chi connectivity index (χ4n) is 3.57. The second-order valence-corrected chi connectivity index (χ2v) is 7.92. The Kier molecular flexibility index (Phi) is 8.82. The summed E-state index contributed by atoms with van der Waals surface area (Å²) in [6, 6.07) is 17.0. The van der Waals surface area contributed by atoms with Crippen molar-refractivity contribution in [3.8, 4) is 0 Å². The number of pyridine rings is 1. The molecule has 0 fully saturated rings. The molecule has 0 aliphatic heterocycles. The first-order chi connectivity index (χ1) is 17.3. The molecule has 0 aliphatic rings. The number of amides is 2. The van der Waals surface area contributed by atoms with E-state index in [-0.39, 0.29) is 12.1 Å². The predicted molar refractivity (Wildman–Crippen MR) is 129 cm³/mol. The molecule has 186 valence electrons. The molecule has 0 saturated heterocycles. The van der Waals surface area contributed by atoms with E-state index >= 15 is 0 Å². The number of anilines is 1. The zero-order chi connectivity index (χ0) is 26.1. The summed E-state index contributed by atoms with van der Waals surface area (Å²) in [5, 5.41) is 13.9. The van der Waals surface area contributed by atoms with Crippen LogP contribution in [0, 0.1) is 0 Å². The Bertz CT molecular complexity index is 1290. The van der Waals surface area contributed by atoms with Crippen LogP contribution in [0.2, 0.25) is 0 Å². The molecule has 0 unspecified atom stereocenters. The van der Waals surface area contributed by atoms with E-state index in [4.69, 9.17) is 5.11 Å². The maximum absolute atomic E-state index is 13.3. The number of carboxylic acid groups (broad SMARTS) is 1. The second kappa shape index (κ2) is 12.2. The number of carbonyl (C=O) groups excluding carboxylic acids is 3. The molecule has 0 bridgehead atoms. The molecule has 2 aromatic carbocycles. The van der Waals surface area contributed by atoms with Crippen LogP contribution < -0.4 is 16.2 Å². The third kappa shape index (κ3) is 6.72. The maximum atomic E-state index is 13.3. The minimum atomic E-state index is -1.60. The number of halogens is 1. The number of carboxylic acids is 1. The summed E-state index contributed by atoms with van der Waals surface area (Å²) in [6.07, 6.45) is 0.539. The Morgan fingerprint density at radius 2 is 1.56 bits per heavy atom. The summed E-state index contributed by atoms with van der Waals surface area (Å²) in [7, 11) is 0. The van der Waals surface area contributed by atoms with Gasteiger partial charge in [0.25, 0.3) is 11.5 Å². The standard InChI is InChI=1S/C26H24FN3O6/c27-16-22(31)20(15-23(32)33)29-25(35)21(14-17-8-3-1-4-9-17)30-13-7-12-19(26(30)36)28-24(34)18-10-5-2-6-11-18/h1-13,20-21H,14-16H2,(H,28,34)(H,29,35)(H,32,33)/t20-,21-/m0/s1. The van der Waals surface area contributed by atoms with E-state index in [2.05, 4.69) is 10.6 Å². The van der Waals surface area contributed by atoms with Crippen molar-refractivity contribution < 1.29 is 28.7 Å². The highest BCUT2D eigenvalue weighted by Gasteiger charge is 2.29. The molecule has 9 nitrogen and oxygen atoms in total. The molecule has 1 heterocycles. The molecule has 2 amide bonds. The number of hydrogen-bond acceptors (Lipinski definition) is 5. The summed E-state index contributed by atoms with van der Waals surface area (Å²) in [4.78, 5) is 62.1. The van der Waals surface area contributed by atoms with Crippen molar-refractivity contribution in [2.24, 2.45) is 0 Å². The molecule has 2 atom stereocenters. The zero-order valence-electron chi connectivity index (χ0n) is 19.1. The molecule has 3 N–H and O–H groups in total. The number of nitrogens with zero attached hydrogens (tertiary/aromatic N) is 1. The number of benzene rings is 2. The van der Waals surface area contributed by atoms with Crippen LogP contribution in [-0.4, -0.2) is 46.0 Å². The lowest BCUT2D eigenvalue weighted by molar-refractivity contribution is -0.140. The number of aliphatic carboxylic acids is 1. The predicted octanol–water partition coefficient (Wildman–Crippen LogP) is 2.38. The first-order valence-corrected chi connectivity index (χ1v) is 11.0. The van der Waals surface area contributed by atoms with Crippen LogP contribution >= 0.6 is 0 Å². The lowest BCUT2D eigenvalue weighted by Gasteiger charge is -2.23. The van der Waals surface area contributed by atoms with Gasteiger partial charge >= 0.3 is 5.97 Å². The monoisotopic (exact) mass is 493 g/mol. The number of Topliss-reactive ketones (excluding diaryl/α,β-unsaturated/α-hetero) is 1. The number of hydrogen-bond donors (Lipinski definition) is 3. The Labute approximate surface area is 205 Å². The summed E-state index contributed by atoms with van der Waals surface area (Å²) in [6.45, 7) is -1.46. The molecular formula is C26H24FN3O6. The molecule has 0 aliphatic carbocycles. The average Bonchev–Trinajstić information content (AvgIpc) is 2.88. The van der Waals surface area contributed by atoms with E-state index in [9.17, 15) is 28.4 Å². The molecule has 36 heavy (non-hydrogen) atoms. The van der Waals surface area contributed by atoms with Gasteiger partial charge in [-0.3, -0.25) is 24.0 Å². The Morgan fingerprint density at radius 3 is 2.17 bits per heavy atom. The third-order valence-electron chi connectivity index (χ3n) is 5.38. The highest BCUT2D eigenvalue weighted by Crippen LogP contribution is 2.16. The quantitative estimate of drug-likeness (QED) is 0.376. The Hall–Kier alpha value is -4.60. The largest absolute Gasteiger partial charge is 0.481 e. The summed E-state index contributed by atoms with van der Waals surface area (Å²) in [5.41, 5.74) is 0.227. The van der Waals surface area contributed by atoms with Crippen molar-refractivity contribution >= 4 is 29.3 Å². The van der Waals surface area contributed by atoms with Crippen LogP contribution in [0.4, 0.5) is 10.1 Å². The minimum absolute atomic E-state index is 0.00622. The van der Waals surface area contributed by atoms with Gasteiger partial charge in [-0.25, -0.2) is 4.39 Å². The van der Waals surface area contributed by atoms with E-state index in [0.29, 0.717) is 11.1 Å². The van der Waals surface area contributed by atoms with Crippen LogP contribution in [0.5, 0.6) is 0 Å². The zero-order valence-corrected chi connectivity index (χ0v) is 19.1. The van der Waals surface area contributed by atoms with E-state index in [1.807, 2.05) is 0 Å². The summed E-state index contributed by atoms with van der Waals surface area (Å²) >= 11 is 0. The van der Waals surface area contributed by atoms with Gasteiger partial charge in [0.2, 0.25) is 5.91 Å². The fourth-order valence-corrected chi connectivity index (χ4v) is 3.57.